The van der Waals surface area contributed by atoms with Crippen molar-refractivity contribution >= 4 is 34.3 Å². The van der Waals surface area contributed by atoms with E-state index in [2.05, 4.69) is 36.3 Å². The minimum absolute atomic E-state index is 0.152. The highest BCUT2D eigenvalue weighted by atomic mass is 32.1. The average molecular weight is 664 g/mol. The lowest BCUT2D eigenvalue weighted by Gasteiger charge is -2.32. The molecule has 0 fully saturated rings. The van der Waals surface area contributed by atoms with Gasteiger partial charge in [-0.15, -0.1) is 15.3 Å². The number of unbranched alkanes of at least 4 members (excludes halogenated alkanes) is 1. The van der Waals surface area contributed by atoms with Gasteiger partial charge in [-0.05, 0) is 68.9 Å². The maximum absolute atomic E-state index is 12.6. The molecule has 14 heteroatoms. The number of aromatic nitrogens is 4. The van der Waals surface area contributed by atoms with Crippen LogP contribution in [0.2, 0.25) is 0 Å². The predicted molar refractivity (Wildman–Crippen MR) is 177 cm³/mol. The van der Waals surface area contributed by atoms with Gasteiger partial charge in [-0.2, -0.15) is 5.10 Å². The summed E-state index contributed by atoms with van der Waals surface area (Å²) in [6.45, 7) is 5.00. The van der Waals surface area contributed by atoms with Crippen LogP contribution in [0.1, 0.15) is 61.0 Å². The molecule has 2 atom stereocenters. The second-order valence-electron chi connectivity index (χ2n) is 12.0. The molecule has 2 heterocycles. The Bertz CT molecular complexity index is 1600. The summed E-state index contributed by atoms with van der Waals surface area (Å²) in [6.07, 6.45) is 1.16. The summed E-state index contributed by atoms with van der Waals surface area (Å²) >= 11 is 1.33. The normalized spacial score (nSPS) is 13.3. The van der Waals surface area contributed by atoms with Crippen molar-refractivity contribution in [3.63, 3.8) is 0 Å². The van der Waals surface area contributed by atoms with Gasteiger partial charge in [-0.3, -0.25) is 4.79 Å². The number of aryl methyl sites for hydroxylation is 2. The van der Waals surface area contributed by atoms with E-state index < -0.39 is 30.1 Å². The fourth-order valence-corrected chi connectivity index (χ4v) is 5.36. The third kappa shape index (κ3) is 11.1. The Morgan fingerprint density at radius 1 is 0.915 bits per heavy atom. The minimum atomic E-state index is -1.91. The monoisotopic (exact) mass is 663 g/mol. The Hall–Kier alpha value is -4.50. The first-order chi connectivity index (χ1) is 22.4. The van der Waals surface area contributed by atoms with Gasteiger partial charge in [0.25, 0.3) is 0 Å². The Balaban J connectivity index is 1.17. The van der Waals surface area contributed by atoms with Gasteiger partial charge in [-0.25, -0.2) is 4.79 Å². The Kier molecular flexibility index (Phi) is 12.3. The summed E-state index contributed by atoms with van der Waals surface area (Å²) < 4.78 is 5.26. The number of nitrogens with one attached hydrogen (secondary N) is 3. The fourth-order valence-electron chi connectivity index (χ4n) is 4.57. The third-order valence-corrected chi connectivity index (χ3v) is 7.85. The second kappa shape index (κ2) is 16.4. The molecule has 2 unspecified atom stereocenters. The maximum atomic E-state index is 12.6. The number of aliphatic hydroxyl groups excluding tert-OH is 2. The Labute approximate surface area is 277 Å². The molecule has 0 spiro atoms. The van der Waals surface area contributed by atoms with Gasteiger partial charge in [0.05, 0.1) is 18.7 Å². The molecule has 2 amide bonds. The van der Waals surface area contributed by atoms with Crippen molar-refractivity contribution in [2.24, 2.45) is 0 Å². The van der Waals surface area contributed by atoms with Crippen LogP contribution >= 0.6 is 11.3 Å². The average Bonchev–Trinajstić information content (AvgIpc) is 3.49. The molecule has 0 aliphatic rings. The van der Waals surface area contributed by atoms with Crippen LogP contribution in [0.25, 0.3) is 0 Å². The van der Waals surface area contributed by atoms with E-state index in [-0.39, 0.29) is 24.7 Å². The van der Waals surface area contributed by atoms with E-state index in [0.29, 0.717) is 23.5 Å². The number of alkyl carbamates (subject to hydrolysis) is 1. The van der Waals surface area contributed by atoms with Crippen molar-refractivity contribution in [3.8, 4) is 0 Å². The van der Waals surface area contributed by atoms with Crippen molar-refractivity contribution in [3.05, 3.63) is 94.1 Å². The summed E-state index contributed by atoms with van der Waals surface area (Å²) in [7, 11) is 0. The van der Waals surface area contributed by atoms with E-state index in [0.717, 1.165) is 34.7 Å². The predicted octanol–water partition coefficient (Wildman–Crippen LogP) is 3.71. The molecule has 0 bridgehead atoms. The molecular weight excluding hydrogens is 622 g/mol. The first kappa shape index (κ1) is 35.4. The highest BCUT2D eigenvalue weighted by Gasteiger charge is 2.37. The number of carbonyl (C=O) groups is 2. The van der Waals surface area contributed by atoms with E-state index in [9.17, 15) is 24.9 Å². The molecule has 0 radical (unpaired) electrons. The quantitative estimate of drug-likeness (QED) is 0.0803. The zero-order valence-corrected chi connectivity index (χ0v) is 27.5. The lowest BCUT2D eigenvalue weighted by Crippen LogP contribution is -2.47. The lowest BCUT2D eigenvalue weighted by atomic mass is 9.93. The molecule has 13 nitrogen and oxygen atoms in total. The Morgan fingerprint density at radius 3 is 2.36 bits per heavy atom. The largest absolute Gasteiger partial charge is 0.444 e. The number of hydrogen-bond acceptors (Lipinski definition) is 12. The van der Waals surface area contributed by atoms with Crippen LogP contribution < -0.4 is 16.0 Å². The number of ether oxygens (including phenoxy) is 1. The van der Waals surface area contributed by atoms with Crippen LogP contribution in [0, 0.1) is 0 Å². The number of anilines is 2. The van der Waals surface area contributed by atoms with Crippen LogP contribution in [-0.2, 0) is 40.9 Å². The van der Waals surface area contributed by atoms with Gasteiger partial charge in [0, 0.05) is 13.0 Å². The van der Waals surface area contributed by atoms with Gasteiger partial charge in [0.1, 0.15) is 10.6 Å². The van der Waals surface area contributed by atoms with Crippen LogP contribution in [-0.4, -0.2) is 66.2 Å². The van der Waals surface area contributed by atoms with Crippen molar-refractivity contribution in [2.75, 3.05) is 17.2 Å². The van der Waals surface area contributed by atoms with E-state index >= 15 is 0 Å². The van der Waals surface area contributed by atoms with Crippen LogP contribution in [0.3, 0.4) is 0 Å². The summed E-state index contributed by atoms with van der Waals surface area (Å²) in [4.78, 5) is 24.6. The van der Waals surface area contributed by atoms with Crippen LogP contribution in [0.5, 0.6) is 0 Å². The van der Waals surface area contributed by atoms with E-state index in [4.69, 9.17) is 4.74 Å². The smallest absolute Gasteiger partial charge is 0.407 e. The molecule has 250 valence electrons. The number of aliphatic hydroxyl groups is 3. The first-order valence-corrected chi connectivity index (χ1v) is 16.1. The molecule has 47 heavy (non-hydrogen) atoms. The van der Waals surface area contributed by atoms with E-state index in [1.807, 2.05) is 24.3 Å². The van der Waals surface area contributed by atoms with Crippen LogP contribution in [0.15, 0.2) is 66.7 Å². The molecule has 0 saturated heterocycles. The maximum Gasteiger partial charge on any atom is 0.407 e. The first-order valence-electron chi connectivity index (χ1n) is 15.3. The minimum Gasteiger partial charge on any atom is -0.444 e. The Morgan fingerprint density at radius 2 is 1.66 bits per heavy atom. The lowest BCUT2D eigenvalue weighted by molar-refractivity contribution is -0.115. The van der Waals surface area contributed by atoms with Gasteiger partial charge < -0.3 is 36.0 Å². The van der Waals surface area contributed by atoms with Gasteiger partial charge in [0.15, 0.2) is 17.6 Å². The van der Waals surface area contributed by atoms with Gasteiger partial charge in [0.2, 0.25) is 11.0 Å². The summed E-state index contributed by atoms with van der Waals surface area (Å²) in [5.74, 6) is 0.0467. The van der Waals surface area contributed by atoms with Crippen molar-refractivity contribution in [1.29, 1.82) is 0 Å². The number of rotatable bonds is 15. The zero-order chi connectivity index (χ0) is 33.9. The van der Waals surface area contributed by atoms with E-state index in [1.165, 1.54) is 11.3 Å². The van der Waals surface area contributed by atoms with Gasteiger partial charge >= 0.3 is 6.09 Å². The third-order valence-electron chi connectivity index (χ3n) is 6.95. The van der Waals surface area contributed by atoms with E-state index in [1.54, 1.807) is 63.2 Å². The summed E-state index contributed by atoms with van der Waals surface area (Å²) in [6, 6.07) is 19.3. The number of amides is 2. The topological polar surface area (TPSA) is 192 Å². The SMILES string of the molecule is CC(C)(C)OC(=O)NCc1cccc(CC(=O)Nc2nnc(CCCCc3ccc(NC(O)C(O)(CO)c4ccccc4)nn3)s2)c1. The van der Waals surface area contributed by atoms with Crippen LogP contribution in [0.4, 0.5) is 15.7 Å². The molecule has 2 aromatic heterocycles. The highest BCUT2D eigenvalue weighted by molar-refractivity contribution is 7.15. The molecule has 0 aliphatic heterocycles. The van der Waals surface area contributed by atoms with Gasteiger partial charge in [-0.1, -0.05) is 65.9 Å². The molecule has 0 saturated carbocycles. The fraction of sp³-hybridized carbons (Fsp3) is 0.394. The number of hydrogen-bond donors (Lipinski definition) is 6. The highest BCUT2D eigenvalue weighted by Crippen LogP contribution is 2.25. The number of carbonyl (C=O) groups excluding carboxylic acids is 2. The molecule has 4 rings (SSSR count). The second-order valence-corrected chi connectivity index (χ2v) is 13.1. The van der Waals surface area contributed by atoms with Crippen molar-refractivity contribution in [2.45, 2.75) is 76.9 Å². The number of benzene rings is 2. The molecule has 2 aromatic carbocycles. The van der Waals surface area contributed by atoms with Crippen molar-refractivity contribution < 1.29 is 29.6 Å². The molecule has 4 aromatic rings. The summed E-state index contributed by atoms with van der Waals surface area (Å²) in [5.41, 5.74) is 0.296. The summed E-state index contributed by atoms with van der Waals surface area (Å²) in [5, 5.41) is 57.2. The van der Waals surface area contributed by atoms with Crippen molar-refractivity contribution in [1.82, 2.24) is 25.7 Å². The molecule has 0 aliphatic carbocycles. The molecular formula is C33H41N7O6S. The molecule has 6 N–H and O–H groups in total. The standard InChI is InChI=1S/C33H41N7O6S/c1-32(2,3)46-31(44)34-20-23-11-9-10-22(18-23)19-27(42)36-30-40-39-28(47-30)15-8-7-14-25-16-17-26(38-37-25)35-29(43)33(45,21-41)24-12-5-4-6-13-24/h4-6,9-13,16-18,29,41,43,45H,7-8,14-15,19-21H2,1-3H3,(H,34,44)(H,35,38)(H,36,40,42). The number of nitrogens with zero attached hydrogens (tertiary/aromatic N) is 4. The zero-order valence-electron chi connectivity index (χ0n) is 26.6.